The number of hydrogen-bond donors (Lipinski definition) is 0. The summed E-state index contributed by atoms with van der Waals surface area (Å²) in [6, 6.07) is 8.94. The number of carbonyl (C=O) groups excluding carboxylic acids is 1. The van der Waals surface area contributed by atoms with Crippen LogP contribution in [0.15, 0.2) is 49.1 Å². The lowest BCUT2D eigenvalue weighted by Gasteiger charge is -2.37. The van der Waals surface area contributed by atoms with E-state index in [0.717, 1.165) is 11.9 Å². The molecule has 5 rings (SSSR count). The van der Waals surface area contributed by atoms with Crippen LogP contribution in [0.3, 0.4) is 0 Å². The number of aromatic nitrogens is 5. The van der Waals surface area contributed by atoms with Gasteiger partial charge in [0.2, 0.25) is 0 Å². The van der Waals surface area contributed by atoms with Gasteiger partial charge in [-0.2, -0.15) is 10.1 Å². The van der Waals surface area contributed by atoms with Crippen molar-refractivity contribution in [3.05, 3.63) is 66.0 Å². The molecule has 4 aromatic heterocycles. The smallest absolute Gasteiger partial charge is 0.280 e. The molecule has 0 spiro atoms. The zero-order chi connectivity index (χ0) is 20.8. The number of rotatable bonds is 3. The fourth-order valence-corrected chi connectivity index (χ4v) is 4.22. The Bertz CT molecular complexity index is 1230. The van der Waals surface area contributed by atoms with Crippen LogP contribution in [0.1, 0.15) is 47.4 Å². The Labute approximate surface area is 171 Å². The van der Waals surface area contributed by atoms with E-state index >= 15 is 0 Å². The topological polar surface area (TPSA) is 67.8 Å². The summed E-state index contributed by atoms with van der Waals surface area (Å²) in [6.07, 6.45) is 3.17. The molecule has 4 aromatic rings. The van der Waals surface area contributed by atoms with E-state index in [0.29, 0.717) is 24.3 Å². The van der Waals surface area contributed by atoms with Gasteiger partial charge in [0, 0.05) is 42.5 Å². The standard InChI is InChI=1S/C21H20F2N6O/c1-13-4-7-28(20(30)14-5-8-27-6-2-3-15(27)9-14)11-16(13)18-10-17(19(22)23)26-21-24-12-25-29(18)21/h2-3,5-6,8-10,12-13,16,19H,4,7,11H2,1H3/t13?,16-/m1/s1. The number of alkyl halides is 2. The summed E-state index contributed by atoms with van der Waals surface area (Å²) in [6.45, 7) is 3.12. The number of amides is 1. The minimum atomic E-state index is -2.70. The molecule has 5 heterocycles. The van der Waals surface area contributed by atoms with E-state index in [2.05, 4.69) is 22.0 Å². The molecule has 0 aliphatic carbocycles. The van der Waals surface area contributed by atoms with Crippen LogP contribution in [0.5, 0.6) is 0 Å². The third-order valence-corrected chi connectivity index (χ3v) is 5.93. The fraction of sp³-hybridized carbons (Fsp3) is 0.333. The molecule has 30 heavy (non-hydrogen) atoms. The Kier molecular flexibility index (Phi) is 4.45. The van der Waals surface area contributed by atoms with Crippen LogP contribution < -0.4 is 0 Å². The molecular weight excluding hydrogens is 390 g/mol. The molecule has 7 nitrogen and oxygen atoms in total. The van der Waals surface area contributed by atoms with Crippen LogP contribution in [0.4, 0.5) is 8.78 Å². The van der Waals surface area contributed by atoms with Crippen molar-refractivity contribution in [1.82, 2.24) is 28.9 Å². The lowest BCUT2D eigenvalue weighted by molar-refractivity contribution is 0.0665. The van der Waals surface area contributed by atoms with Gasteiger partial charge in [-0.25, -0.2) is 18.3 Å². The van der Waals surface area contributed by atoms with Crippen molar-refractivity contribution in [3.63, 3.8) is 0 Å². The fourth-order valence-electron chi connectivity index (χ4n) is 4.22. The second-order valence-electron chi connectivity index (χ2n) is 7.76. The van der Waals surface area contributed by atoms with Gasteiger partial charge in [-0.15, -0.1) is 0 Å². The third-order valence-electron chi connectivity index (χ3n) is 5.93. The lowest BCUT2D eigenvalue weighted by atomic mass is 9.84. The summed E-state index contributed by atoms with van der Waals surface area (Å²) in [5.41, 5.74) is 1.85. The van der Waals surface area contributed by atoms with Crippen LogP contribution >= 0.6 is 0 Å². The number of piperidine rings is 1. The van der Waals surface area contributed by atoms with Crippen LogP contribution in [-0.4, -0.2) is 47.9 Å². The van der Waals surface area contributed by atoms with Crippen molar-refractivity contribution < 1.29 is 13.6 Å². The molecule has 1 unspecified atom stereocenters. The number of likely N-dealkylation sites (tertiary alicyclic amines) is 1. The second kappa shape index (κ2) is 7.16. The molecule has 154 valence electrons. The lowest BCUT2D eigenvalue weighted by Crippen LogP contribution is -2.42. The molecule has 0 N–H and O–H groups in total. The molecule has 0 radical (unpaired) electrons. The normalized spacial score (nSPS) is 19.8. The highest BCUT2D eigenvalue weighted by atomic mass is 19.3. The van der Waals surface area contributed by atoms with E-state index in [1.165, 1.54) is 16.9 Å². The van der Waals surface area contributed by atoms with Crippen LogP contribution in [0, 0.1) is 5.92 Å². The van der Waals surface area contributed by atoms with E-state index in [4.69, 9.17) is 0 Å². The van der Waals surface area contributed by atoms with Gasteiger partial charge in [-0.05, 0) is 42.7 Å². The number of pyridine rings is 1. The van der Waals surface area contributed by atoms with Gasteiger partial charge in [0.05, 0.1) is 5.69 Å². The molecule has 9 heteroatoms. The first-order valence-electron chi connectivity index (χ1n) is 9.86. The summed E-state index contributed by atoms with van der Waals surface area (Å²) in [5, 5.41) is 4.18. The van der Waals surface area contributed by atoms with Gasteiger partial charge in [-0.3, -0.25) is 4.79 Å². The molecule has 2 atom stereocenters. The molecule has 0 saturated carbocycles. The maximum atomic E-state index is 13.4. The summed E-state index contributed by atoms with van der Waals surface area (Å²) in [4.78, 5) is 22.9. The van der Waals surface area contributed by atoms with Crippen molar-refractivity contribution in [2.24, 2.45) is 5.92 Å². The first kappa shape index (κ1) is 18.7. The molecule has 0 aromatic carbocycles. The average Bonchev–Trinajstić information content (AvgIpc) is 3.41. The molecule has 1 aliphatic rings. The maximum absolute atomic E-state index is 13.4. The predicted molar refractivity (Wildman–Crippen MR) is 106 cm³/mol. The number of fused-ring (bicyclic) bond motifs is 2. The van der Waals surface area contributed by atoms with Gasteiger partial charge in [-0.1, -0.05) is 6.92 Å². The minimum Gasteiger partial charge on any atom is -0.338 e. The Morgan fingerprint density at radius 1 is 1.23 bits per heavy atom. The SMILES string of the molecule is CC1CCN(C(=O)c2ccn3cccc3c2)C[C@H]1c1cc(C(F)F)nc2ncnn12. The molecule has 1 fully saturated rings. The predicted octanol–water partition coefficient (Wildman–Crippen LogP) is 3.58. The molecule has 1 saturated heterocycles. The highest BCUT2D eigenvalue weighted by Gasteiger charge is 2.33. The van der Waals surface area contributed by atoms with Crippen molar-refractivity contribution >= 4 is 17.2 Å². The van der Waals surface area contributed by atoms with E-state index in [-0.39, 0.29) is 29.2 Å². The van der Waals surface area contributed by atoms with Crippen molar-refractivity contribution in [3.8, 4) is 0 Å². The summed E-state index contributed by atoms with van der Waals surface area (Å²) < 4.78 is 30.2. The molecule has 1 amide bonds. The van der Waals surface area contributed by atoms with Gasteiger partial charge in [0.1, 0.15) is 12.0 Å². The summed E-state index contributed by atoms with van der Waals surface area (Å²) in [7, 11) is 0. The van der Waals surface area contributed by atoms with E-state index in [9.17, 15) is 13.6 Å². The van der Waals surface area contributed by atoms with E-state index in [1.54, 1.807) is 11.0 Å². The van der Waals surface area contributed by atoms with E-state index in [1.807, 2.05) is 35.0 Å². The van der Waals surface area contributed by atoms with Crippen molar-refractivity contribution in [1.29, 1.82) is 0 Å². The average molecular weight is 410 g/mol. The van der Waals surface area contributed by atoms with Crippen LogP contribution in [0.2, 0.25) is 0 Å². The van der Waals surface area contributed by atoms with E-state index < -0.39 is 6.43 Å². The van der Waals surface area contributed by atoms with Crippen molar-refractivity contribution in [2.45, 2.75) is 25.7 Å². The van der Waals surface area contributed by atoms with Gasteiger partial charge < -0.3 is 9.30 Å². The zero-order valence-corrected chi connectivity index (χ0v) is 16.3. The zero-order valence-electron chi connectivity index (χ0n) is 16.3. The Morgan fingerprint density at radius 3 is 2.93 bits per heavy atom. The molecular formula is C21H20F2N6O. The first-order valence-corrected chi connectivity index (χ1v) is 9.86. The van der Waals surface area contributed by atoms with Gasteiger partial charge in [0.15, 0.2) is 0 Å². The minimum absolute atomic E-state index is 0.0615. The number of hydrogen-bond acceptors (Lipinski definition) is 4. The second-order valence-corrected chi connectivity index (χ2v) is 7.76. The van der Waals surface area contributed by atoms with Gasteiger partial charge >= 0.3 is 0 Å². The molecule has 1 aliphatic heterocycles. The number of halogens is 2. The largest absolute Gasteiger partial charge is 0.338 e. The number of nitrogens with zero attached hydrogens (tertiary/aromatic N) is 6. The quantitative estimate of drug-likeness (QED) is 0.518. The Balaban J connectivity index is 1.48. The number of carbonyl (C=O) groups is 1. The summed E-state index contributed by atoms with van der Waals surface area (Å²) in [5.74, 6) is 0.137. The van der Waals surface area contributed by atoms with Gasteiger partial charge in [0.25, 0.3) is 18.1 Å². The van der Waals surface area contributed by atoms with Crippen LogP contribution in [0.25, 0.3) is 11.3 Å². The summed E-state index contributed by atoms with van der Waals surface area (Å²) >= 11 is 0. The Morgan fingerprint density at radius 2 is 2.10 bits per heavy atom. The maximum Gasteiger partial charge on any atom is 0.280 e. The first-order chi connectivity index (χ1) is 14.5. The highest BCUT2D eigenvalue weighted by molar-refractivity contribution is 5.95. The van der Waals surface area contributed by atoms with Crippen molar-refractivity contribution in [2.75, 3.05) is 13.1 Å². The third kappa shape index (κ3) is 3.10. The monoisotopic (exact) mass is 410 g/mol. The molecule has 0 bridgehead atoms. The Hall–Kier alpha value is -3.36. The van der Waals surface area contributed by atoms with Crippen LogP contribution in [-0.2, 0) is 0 Å². The highest BCUT2D eigenvalue weighted by Crippen LogP contribution is 2.34.